The Labute approximate surface area is 127 Å². The quantitative estimate of drug-likeness (QED) is 0.907. The van der Waals surface area contributed by atoms with Gasteiger partial charge in [-0.2, -0.15) is 0 Å². The number of nitrogens with zero attached hydrogens (tertiary/aromatic N) is 1. The molecular formula is C16H25ClN2O. The van der Waals surface area contributed by atoms with Crippen LogP contribution in [0.2, 0.25) is 5.02 Å². The summed E-state index contributed by atoms with van der Waals surface area (Å²) in [4.78, 5) is 2.32. The lowest BCUT2D eigenvalue weighted by atomic mass is 9.98. The highest BCUT2D eigenvalue weighted by Crippen LogP contribution is 2.29. The summed E-state index contributed by atoms with van der Waals surface area (Å²) >= 11 is 6.36. The number of anilines is 1. The van der Waals surface area contributed by atoms with E-state index >= 15 is 0 Å². The second-order valence-electron chi connectivity index (χ2n) is 5.86. The van der Waals surface area contributed by atoms with Crippen molar-refractivity contribution in [2.45, 2.75) is 32.2 Å². The van der Waals surface area contributed by atoms with Crippen LogP contribution in [0.1, 0.15) is 25.3 Å². The molecule has 0 aliphatic carbocycles. The van der Waals surface area contributed by atoms with E-state index in [0.29, 0.717) is 5.92 Å². The summed E-state index contributed by atoms with van der Waals surface area (Å²) in [6.45, 7) is 4.85. The summed E-state index contributed by atoms with van der Waals surface area (Å²) in [6, 6.07) is 6.22. The molecule has 112 valence electrons. The van der Waals surface area contributed by atoms with Crippen molar-refractivity contribution < 1.29 is 4.74 Å². The van der Waals surface area contributed by atoms with Crippen LogP contribution in [0.3, 0.4) is 0 Å². The first kappa shape index (κ1) is 15.6. The Morgan fingerprint density at radius 2 is 2.10 bits per heavy atom. The van der Waals surface area contributed by atoms with E-state index in [0.717, 1.165) is 44.0 Å². The third-order valence-corrected chi connectivity index (χ3v) is 4.26. The molecule has 1 unspecified atom stereocenters. The molecule has 1 atom stereocenters. The normalized spacial score (nSPS) is 18.0. The van der Waals surface area contributed by atoms with Crippen LogP contribution in [0.5, 0.6) is 0 Å². The second kappa shape index (κ2) is 7.30. The average Bonchev–Trinajstić information content (AvgIpc) is 2.41. The zero-order valence-corrected chi connectivity index (χ0v) is 13.2. The number of ether oxygens (including phenoxy) is 1. The molecular weight excluding hydrogens is 272 g/mol. The van der Waals surface area contributed by atoms with E-state index in [1.54, 1.807) is 0 Å². The van der Waals surface area contributed by atoms with Gasteiger partial charge in [0.05, 0.1) is 0 Å². The number of halogens is 1. The van der Waals surface area contributed by atoms with Crippen molar-refractivity contribution >= 4 is 17.3 Å². The van der Waals surface area contributed by atoms with Crippen LogP contribution >= 0.6 is 11.6 Å². The second-order valence-corrected chi connectivity index (χ2v) is 6.26. The first-order chi connectivity index (χ1) is 9.58. The molecule has 0 spiro atoms. The molecule has 1 heterocycles. The maximum Gasteiger partial charge on any atom is 0.0469 e. The Hall–Kier alpha value is -0.770. The molecule has 4 heteroatoms. The van der Waals surface area contributed by atoms with E-state index in [4.69, 9.17) is 22.1 Å². The molecule has 0 aromatic heterocycles. The standard InChI is InChI=1S/C16H25ClN2O/c1-12(18)10-14-15(17)4-3-5-16(14)19(2)11-13-6-8-20-9-7-13/h3-5,12-13H,6-11,18H2,1-2H3. The van der Waals surface area contributed by atoms with Crippen LogP contribution in [-0.4, -0.2) is 32.8 Å². The van der Waals surface area contributed by atoms with Crippen LogP contribution in [-0.2, 0) is 11.2 Å². The molecule has 1 aromatic carbocycles. The summed E-state index contributed by atoms with van der Waals surface area (Å²) < 4.78 is 5.43. The van der Waals surface area contributed by atoms with E-state index in [1.165, 1.54) is 11.3 Å². The van der Waals surface area contributed by atoms with Crippen LogP contribution in [0.25, 0.3) is 0 Å². The fourth-order valence-corrected chi connectivity index (χ4v) is 3.09. The molecule has 0 bridgehead atoms. The van der Waals surface area contributed by atoms with E-state index < -0.39 is 0 Å². The summed E-state index contributed by atoms with van der Waals surface area (Å²) in [7, 11) is 2.14. The van der Waals surface area contributed by atoms with Crippen LogP contribution in [0.15, 0.2) is 18.2 Å². The highest BCUT2D eigenvalue weighted by molar-refractivity contribution is 6.31. The van der Waals surface area contributed by atoms with Gasteiger partial charge >= 0.3 is 0 Å². The molecule has 1 saturated heterocycles. The minimum Gasteiger partial charge on any atom is -0.381 e. The number of hydrogen-bond donors (Lipinski definition) is 1. The van der Waals surface area contributed by atoms with Gasteiger partial charge in [-0.05, 0) is 49.8 Å². The van der Waals surface area contributed by atoms with Gasteiger partial charge in [-0.25, -0.2) is 0 Å². The van der Waals surface area contributed by atoms with Gasteiger partial charge in [0.2, 0.25) is 0 Å². The van der Waals surface area contributed by atoms with Crippen molar-refractivity contribution in [1.82, 2.24) is 0 Å². The molecule has 0 amide bonds. The lowest BCUT2D eigenvalue weighted by molar-refractivity contribution is 0.0685. The fourth-order valence-electron chi connectivity index (χ4n) is 2.84. The first-order valence-electron chi connectivity index (χ1n) is 7.39. The third kappa shape index (κ3) is 4.11. The SMILES string of the molecule is CC(N)Cc1c(Cl)cccc1N(C)CC1CCOCC1. The molecule has 0 radical (unpaired) electrons. The van der Waals surface area contributed by atoms with Gasteiger partial charge in [0.15, 0.2) is 0 Å². The number of nitrogens with two attached hydrogens (primary N) is 1. The Morgan fingerprint density at radius 1 is 1.40 bits per heavy atom. The van der Waals surface area contributed by atoms with Crippen molar-refractivity contribution in [3.63, 3.8) is 0 Å². The minimum absolute atomic E-state index is 0.116. The number of benzene rings is 1. The largest absolute Gasteiger partial charge is 0.381 e. The van der Waals surface area contributed by atoms with Crippen molar-refractivity contribution in [3.8, 4) is 0 Å². The van der Waals surface area contributed by atoms with E-state index in [2.05, 4.69) is 18.0 Å². The van der Waals surface area contributed by atoms with Crippen molar-refractivity contribution in [2.24, 2.45) is 11.7 Å². The van der Waals surface area contributed by atoms with Gasteiger partial charge in [-0.3, -0.25) is 0 Å². The molecule has 3 nitrogen and oxygen atoms in total. The van der Waals surface area contributed by atoms with Gasteiger partial charge in [0.25, 0.3) is 0 Å². The van der Waals surface area contributed by atoms with Crippen molar-refractivity contribution in [2.75, 3.05) is 31.7 Å². The molecule has 20 heavy (non-hydrogen) atoms. The molecule has 1 aromatic rings. The summed E-state index contributed by atoms with van der Waals surface area (Å²) in [6.07, 6.45) is 3.11. The van der Waals surface area contributed by atoms with E-state index in [-0.39, 0.29) is 6.04 Å². The topological polar surface area (TPSA) is 38.5 Å². The Bertz CT molecular complexity index is 430. The maximum absolute atomic E-state index is 6.36. The van der Waals surface area contributed by atoms with Crippen LogP contribution < -0.4 is 10.6 Å². The highest BCUT2D eigenvalue weighted by Gasteiger charge is 2.18. The zero-order valence-electron chi connectivity index (χ0n) is 12.4. The lowest BCUT2D eigenvalue weighted by Gasteiger charge is -2.30. The molecule has 2 rings (SSSR count). The van der Waals surface area contributed by atoms with Gasteiger partial charge in [-0.15, -0.1) is 0 Å². The molecule has 2 N–H and O–H groups in total. The fraction of sp³-hybridized carbons (Fsp3) is 0.625. The molecule has 1 aliphatic heterocycles. The lowest BCUT2D eigenvalue weighted by Crippen LogP contribution is -2.30. The van der Waals surface area contributed by atoms with E-state index in [9.17, 15) is 0 Å². The van der Waals surface area contributed by atoms with Crippen molar-refractivity contribution in [1.29, 1.82) is 0 Å². The van der Waals surface area contributed by atoms with Gasteiger partial charge in [-0.1, -0.05) is 17.7 Å². The number of hydrogen-bond acceptors (Lipinski definition) is 3. The van der Waals surface area contributed by atoms with Crippen molar-refractivity contribution in [3.05, 3.63) is 28.8 Å². The third-order valence-electron chi connectivity index (χ3n) is 3.90. The molecule has 1 fully saturated rings. The Balaban J connectivity index is 2.11. The maximum atomic E-state index is 6.36. The summed E-state index contributed by atoms with van der Waals surface area (Å²) in [5.74, 6) is 0.705. The number of rotatable bonds is 5. The average molecular weight is 297 g/mol. The zero-order chi connectivity index (χ0) is 14.5. The van der Waals surface area contributed by atoms with Gasteiger partial charge in [0.1, 0.15) is 0 Å². The Morgan fingerprint density at radius 3 is 2.75 bits per heavy atom. The van der Waals surface area contributed by atoms with Crippen LogP contribution in [0.4, 0.5) is 5.69 Å². The Kier molecular flexibility index (Phi) is 5.70. The predicted octanol–water partition coefficient (Wildman–Crippen LogP) is 3.09. The monoisotopic (exact) mass is 296 g/mol. The highest BCUT2D eigenvalue weighted by atomic mass is 35.5. The van der Waals surface area contributed by atoms with Crippen LogP contribution in [0, 0.1) is 5.92 Å². The summed E-state index contributed by atoms with van der Waals surface area (Å²) in [5, 5.41) is 0.818. The summed E-state index contributed by atoms with van der Waals surface area (Å²) in [5.41, 5.74) is 8.33. The van der Waals surface area contributed by atoms with Gasteiger partial charge in [0, 0.05) is 43.6 Å². The minimum atomic E-state index is 0.116. The van der Waals surface area contributed by atoms with Gasteiger partial charge < -0.3 is 15.4 Å². The van der Waals surface area contributed by atoms with E-state index in [1.807, 2.05) is 19.1 Å². The molecule has 0 saturated carbocycles. The first-order valence-corrected chi connectivity index (χ1v) is 7.77. The molecule has 1 aliphatic rings. The smallest absolute Gasteiger partial charge is 0.0469 e. The predicted molar refractivity (Wildman–Crippen MR) is 85.6 cm³/mol.